The zero-order chi connectivity index (χ0) is 14.3. The number of hydrogen-bond acceptors (Lipinski definition) is 1. The summed E-state index contributed by atoms with van der Waals surface area (Å²) in [5.41, 5.74) is 1.96. The third-order valence-corrected chi connectivity index (χ3v) is 3.25. The van der Waals surface area contributed by atoms with Gasteiger partial charge in [-0.05, 0) is 25.1 Å². The number of ketones is 1. The average Bonchev–Trinajstić information content (AvgIpc) is 2.72. The monoisotopic (exact) mass is 271 g/mol. The predicted octanol–water partition coefficient (Wildman–Crippen LogP) is 3.99. The molecular formula is C16H11F2NO. The van der Waals surface area contributed by atoms with Gasteiger partial charge in [-0.15, -0.1) is 0 Å². The molecule has 1 aromatic heterocycles. The molecule has 0 aliphatic heterocycles. The van der Waals surface area contributed by atoms with Gasteiger partial charge in [0.15, 0.2) is 5.78 Å². The van der Waals surface area contributed by atoms with Crippen molar-refractivity contribution in [3.05, 3.63) is 70.9 Å². The number of fused-ring (bicyclic) bond motifs is 1. The van der Waals surface area contributed by atoms with Crippen molar-refractivity contribution < 1.29 is 13.6 Å². The molecule has 0 fully saturated rings. The van der Waals surface area contributed by atoms with Gasteiger partial charge in [0.25, 0.3) is 0 Å². The van der Waals surface area contributed by atoms with Gasteiger partial charge in [0.05, 0.1) is 5.56 Å². The molecule has 0 atom stereocenters. The standard InChI is InChI=1S/C16H11F2NO/c1-9-15(13-4-2-3-5-14(13)19-9)16(20)10-6-11(17)8-12(18)7-10/h2-8,19H,1H3. The maximum atomic E-state index is 13.2. The first-order valence-electron chi connectivity index (χ1n) is 6.14. The van der Waals surface area contributed by atoms with Crippen molar-refractivity contribution in [2.75, 3.05) is 0 Å². The topological polar surface area (TPSA) is 32.9 Å². The number of para-hydroxylation sites is 1. The van der Waals surface area contributed by atoms with E-state index in [2.05, 4.69) is 4.98 Å². The van der Waals surface area contributed by atoms with E-state index in [-0.39, 0.29) is 5.56 Å². The fourth-order valence-electron chi connectivity index (χ4n) is 2.40. The number of benzene rings is 2. The molecule has 0 spiro atoms. The summed E-state index contributed by atoms with van der Waals surface area (Å²) >= 11 is 0. The number of hydrogen-bond donors (Lipinski definition) is 1. The van der Waals surface area contributed by atoms with Crippen LogP contribution in [0.3, 0.4) is 0 Å². The lowest BCUT2D eigenvalue weighted by Crippen LogP contribution is -2.04. The average molecular weight is 271 g/mol. The van der Waals surface area contributed by atoms with Crippen LogP contribution in [0.5, 0.6) is 0 Å². The van der Waals surface area contributed by atoms with Crippen molar-refractivity contribution in [2.24, 2.45) is 0 Å². The Hall–Kier alpha value is -2.49. The highest BCUT2D eigenvalue weighted by Crippen LogP contribution is 2.25. The number of aromatic nitrogens is 1. The highest BCUT2D eigenvalue weighted by molar-refractivity contribution is 6.17. The molecule has 2 aromatic carbocycles. The Morgan fingerprint density at radius 3 is 2.40 bits per heavy atom. The second kappa shape index (κ2) is 4.56. The van der Waals surface area contributed by atoms with E-state index < -0.39 is 17.4 Å². The highest BCUT2D eigenvalue weighted by Gasteiger charge is 2.18. The Morgan fingerprint density at radius 1 is 1.05 bits per heavy atom. The van der Waals surface area contributed by atoms with Crippen LogP contribution < -0.4 is 0 Å². The third kappa shape index (κ3) is 1.99. The lowest BCUT2D eigenvalue weighted by atomic mass is 10.0. The summed E-state index contributed by atoms with van der Waals surface area (Å²) in [6.07, 6.45) is 0. The van der Waals surface area contributed by atoms with Gasteiger partial charge in [0.1, 0.15) is 11.6 Å². The second-order valence-corrected chi connectivity index (χ2v) is 4.66. The molecule has 0 bridgehead atoms. The van der Waals surface area contributed by atoms with Crippen molar-refractivity contribution in [3.63, 3.8) is 0 Å². The first kappa shape index (κ1) is 12.5. The molecule has 3 aromatic rings. The molecule has 0 saturated carbocycles. The molecule has 0 aliphatic rings. The van der Waals surface area contributed by atoms with Crippen molar-refractivity contribution >= 4 is 16.7 Å². The van der Waals surface area contributed by atoms with Crippen LogP contribution in [0.15, 0.2) is 42.5 Å². The predicted molar refractivity (Wildman–Crippen MR) is 72.8 cm³/mol. The fraction of sp³-hybridized carbons (Fsp3) is 0.0625. The maximum absolute atomic E-state index is 13.2. The van der Waals surface area contributed by atoms with Crippen LogP contribution in [-0.4, -0.2) is 10.8 Å². The number of rotatable bonds is 2. The van der Waals surface area contributed by atoms with E-state index in [9.17, 15) is 13.6 Å². The molecular weight excluding hydrogens is 260 g/mol. The summed E-state index contributed by atoms with van der Waals surface area (Å²) in [4.78, 5) is 15.6. The van der Waals surface area contributed by atoms with E-state index in [1.54, 1.807) is 6.92 Å². The van der Waals surface area contributed by atoms with Crippen LogP contribution in [0.4, 0.5) is 8.78 Å². The van der Waals surface area contributed by atoms with Crippen molar-refractivity contribution in [3.8, 4) is 0 Å². The maximum Gasteiger partial charge on any atom is 0.195 e. The number of aromatic amines is 1. The van der Waals surface area contributed by atoms with E-state index in [0.717, 1.165) is 29.1 Å². The molecule has 0 radical (unpaired) electrons. The van der Waals surface area contributed by atoms with Gasteiger partial charge in [0, 0.05) is 28.2 Å². The Balaban J connectivity index is 2.20. The van der Waals surface area contributed by atoms with Gasteiger partial charge in [-0.2, -0.15) is 0 Å². The minimum absolute atomic E-state index is 0.00959. The molecule has 20 heavy (non-hydrogen) atoms. The van der Waals surface area contributed by atoms with Crippen LogP contribution in [0, 0.1) is 18.6 Å². The largest absolute Gasteiger partial charge is 0.358 e. The Bertz CT molecular complexity index is 800. The minimum atomic E-state index is -0.758. The molecule has 1 N–H and O–H groups in total. The van der Waals surface area contributed by atoms with Gasteiger partial charge >= 0.3 is 0 Å². The number of nitrogens with one attached hydrogen (secondary N) is 1. The number of H-pyrrole nitrogens is 1. The minimum Gasteiger partial charge on any atom is -0.358 e. The van der Waals surface area contributed by atoms with E-state index in [4.69, 9.17) is 0 Å². The van der Waals surface area contributed by atoms with Gasteiger partial charge < -0.3 is 4.98 Å². The van der Waals surface area contributed by atoms with E-state index in [1.807, 2.05) is 24.3 Å². The summed E-state index contributed by atoms with van der Waals surface area (Å²) in [6, 6.07) is 10.2. The lowest BCUT2D eigenvalue weighted by molar-refractivity contribution is 0.103. The molecule has 0 saturated heterocycles. The van der Waals surface area contributed by atoms with Crippen molar-refractivity contribution in [1.29, 1.82) is 0 Å². The summed E-state index contributed by atoms with van der Waals surface area (Å²) in [5.74, 6) is -1.91. The van der Waals surface area contributed by atoms with Crippen LogP contribution in [0.2, 0.25) is 0 Å². The van der Waals surface area contributed by atoms with Crippen molar-refractivity contribution in [1.82, 2.24) is 4.98 Å². The van der Waals surface area contributed by atoms with Crippen LogP contribution >= 0.6 is 0 Å². The van der Waals surface area contributed by atoms with Gasteiger partial charge in [-0.3, -0.25) is 4.79 Å². The molecule has 0 aliphatic carbocycles. The Morgan fingerprint density at radius 2 is 1.70 bits per heavy atom. The van der Waals surface area contributed by atoms with Gasteiger partial charge in [0.2, 0.25) is 0 Å². The zero-order valence-electron chi connectivity index (χ0n) is 10.7. The molecule has 0 amide bonds. The van der Waals surface area contributed by atoms with Crippen LogP contribution in [0.25, 0.3) is 10.9 Å². The number of halogens is 2. The number of carbonyl (C=O) groups is 1. The first-order valence-corrected chi connectivity index (χ1v) is 6.14. The molecule has 3 rings (SSSR count). The molecule has 100 valence electrons. The molecule has 0 unspecified atom stereocenters. The second-order valence-electron chi connectivity index (χ2n) is 4.66. The van der Waals surface area contributed by atoms with Gasteiger partial charge in [-0.1, -0.05) is 18.2 Å². The van der Waals surface area contributed by atoms with E-state index in [0.29, 0.717) is 11.3 Å². The SMILES string of the molecule is Cc1[nH]c2ccccc2c1C(=O)c1cc(F)cc(F)c1. The fourth-order valence-corrected chi connectivity index (χ4v) is 2.40. The summed E-state index contributed by atoms with van der Waals surface area (Å²) in [5, 5.41) is 0.750. The number of aryl methyl sites for hydroxylation is 1. The normalized spacial score (nSPS) is 10.9. The summed E-state index contributed by atoms with van der Waals surface area (Å²) < 4.78 is 26.5. The van der Waals surface area contributed by atoms with Gasteiger partial charge in [-0.25, -0.2) is 8.78 Å². The summed E-state index contributed by atoms with van der Waals surface area (Å²) in [6.45, 7) is 1.77. The smallest absolute Gasteiger partial charge is 0.195 e. The quantitative estimate of drug-likeness (QED) is 0.702. The Labute approximate surface area is 114 Å². The molecule has 1 heterocycles. The lowest BCUT2D eigenvalue weighted by Gasteiger charge is -2.02. The van der Waals surface area contributed by atoms with Crippen LogP contribution in [-0.2, 0) is 0 Å². The third-order valence-electron chi connectivity index (χ3n) is 3.25. The summed E-state index contributed by atoms with van der Waals surface area (Å²) in [7, 11) is 0. The Kier molecular flexibility index (Phi) is 2.86. The number of carbonyl (C=O) groups excluding carboxylic acids is 1. The van der Waals surface area contributed by atoms with Crippen molar-refractivity contribution in [2.45, 2.75) is 6.92 Å². The molecule has 4 heteroatoms. The molecule has 2 nitrogen and oxygen atoms in total. The van der Waals surface area contributed by atoms with E-state index >= 15 is 0 Å². The first-order chi connectivity index (χ1) is 9.56. The highest BCUT2D eigenvalue weighted by atomic mass is 19.1. The van der Waals surface area contributed by atoms with E-state index in [1.165, 1.54) is 0 Å². The van der Waals surface area contributed by atoms with Crippen LogP contribution in [0.1, 0.15) is 21.6 Å². The zero-order valence-corrected chi connectivity index (χ0v) is 10.7.